The summed E-state index contributed by atoms with van der Waals surface area (Å²) >= 11 is 1.72. The number of hydrogen-bond acceptors (Lipinski definition) is 5. The van der Waals surface area contributed by atoms with Gasteiger partial charge in [0, 0.05) is 54.9 Å². The molecule has 0 atom stereocenters. The summed E-state index contributed by atoms with van der Waals surface area (Å²) in [6.45, 7) is 5.93. The molecule has 0 saturated carbocycles. The van der Waals surface area contributed by atoms with E-state index in [-0.39, 0.29) is 11.3 Å². The minimum atomic E-state index is 0.101. The maximum absolute atomic E-state index is 12.9. The molecule has 2 saturated heterocycles. The molecule has 5 nitrogen and oxygen atoms in total. The summed E-state index contributed by atoms with van der Waals surface area (Å²) in [5, 5.41) is 3.23. The third kappa shape index (κ3) is 3.27. The number of pyridine rings is 1. The Kier molecular flexibility index (Phi) is 4.46. The van der Waals surface area contributed by atoms with Crippen molar-refractivity contribution in [1.82, 2.24) is 14.9 Å². The molecule has 25 heavy (non-hydrogen) atoms. The van der Waals surface area contributed by atoms with Gasteiger partial charge in [0.25, 0.3) is 5.91 Å². The van der Waals surface area contributed by atoms with E-state index in [0.29, 0.717) is 0 Å². The molecule has 6 heteroatoms. The molecule has 0 bridgehead atoms. The van der Waals surface area contributed by atoms with Crippen LogP contribution < -0.4 is 4.90 Å². The van der Waals surface area contributed by atoms with Gasteiger partial charge < -0.3 is 9.80 Å². The molecule has 0 aliphatic carbocycles. The normalized spacial score (nSPS) is 20.0. The Morgan fingerprint density at radius 3 is 2.56 bits per heavy atom. The number of carbonyl (C=O) groups excluding carboxylic acids is 1. The fourth-order valence-electron chi connectivity index (χ4n) is 3.79. The van der Waals surface area contributed by atoms with E-state index < -0.39 is 0 Å². The summed E-state index contributed by atoms with van der Waals surface area (Å²) < 4.78 is 0. The second-order valence-corrected chi connectivity index (χ2v) is 8.18. The number of aromatic nitrogens is 2. The molecular weight excluding hydrogens is 332 g/mol. The van der Waals surface area contributed by atoms with Gasteiger partial charge in [0.05, 0.1) is 5.01 Å². The topological polar surface area (TPSA) is 49.3 Å². The Labute approximate surface area is 152 Å². The lowest BCUT2D eigenvalue weighted by atomic mass is 9.81. The third-order valence-corrected chi connectivity index (χ3v) is 6.60. The molecule has 4 rings (SSSR count). The Bertz CT molecular complexity index is 732. The number of nitrogens with zero attached hydrogens (tertiary/aromatic N) is 4. The Balaban J connectivity index is 1.45. The molecule has 0 aromatic carbocycles. The minimum absolute atomic E-state index is 0.101. The fraction of sp³-hybridized carbons (Fsp3) is 0.526. The molecule has 2 aliphatic rings. The lowest BCUT2D eigenvalue weighted by Crippen LogP contribution is -2.44. The van der Waals surface area contributed by atoms with Gasteiger partial charge in [0.2, 0.25) is 0 Å². The van der Waals surface area contributed by atoms with Crippen molar-refractivity contribution in [2.45, 2.75) is 38.0 Å². The summed E-state index contributed by atoms with van der Waals surface area (Å²) in [4.78, 5) is 26.1. The molecule has 0 unspecified atom stereocenters. The van der Waals surface area contributed by atoms with Crippen LogP contribution in [0.2, 0.25) is 0 Å². The zero-order valence-corrected chi connectivity index (χ0v) is 15.5. The molecule has 132 valence electrons. The number of hydrogen-bond donors (Lipinski definition) is 0. The lowest BCUT2D eigenvalue weighted by Gasteiger charge is -2.38. The van der Waals surface area contributed by atoms with E-state index in [0.717, 1.165) is 50.4 Å². The van der Waals surface area contributed by atoms with Crippen LogP contribution in [0.4, 0.5) is 5.82 Å². The fourth-order valence-corrected chi connectivity index (χ4v) is 4.65. The molecule has 0 radical (unpaired) electrons. The van der Waals surface area contributed by atoms with Gasteiger partial charge in [0.1, 0.15) is 5.82 Å². The highest BCUT2D eigenvalue weighted by atomic mass is 32.1. The standard InChI is InChI=1S/C19H24N4OS/c1-19(18-21-8-13-25-18)5-11-23(12-6-19)17(24)15-4-7-20-16(14-15)22-9-2-3-10-22/h4,7-8,13-14H,2-3,5-6,9-12H2,1H3. The first-order chi connectivity index (χ1) is 12.2. The van der Waals surface area contributed by atoms with Crippen LogP contribution in [-0.2, 0) is 5.41 Å². The highest BCUT2D eigenvalue weighted by molar-refractivity contribution is 7.09. The van der Waals surface area contributed by atoms with Crippen LogP contribution in [-0.4, -0.2) is 47.0 Å². The van der Waals surface area contributed by atoms with Crippen molar-refractivity contribution < 1.29 is 4.79 Å². The molecular formula is C19H24N4OS. The van der Waals surface area contributed by atoms with E-state index in [4.69, 9.17) is 0 Å². The monoisotopic (exact) mass is 356 g/mol. The Morgan fingerprint density at radius 1 is 1.12 bits per heavy atom. The molecule has 2 fully saturated rings. The molecule has 2 aromatic heterocycles. The molecule has 4 heterocycles. The first kappa shape index (κ1) is 16.5. The number of rotatable bonds is 3. The van der Waals surface area contributed by atoms with Crippen molar-refractivity contribution in [1.29, 1.82) is 0 Å². The van der Waals surface area contributed by atoms with Crippen molar-refractivity contribution >= 4 is 23.1 Å². The molecule has 2 aliphatic heterocycles. The first-order valence-corrected chi connectivity index (χ1v) is 9.94. The largest absolute Gasteiger partial charge is 0.357 e. The quantitative estimate of drug-likeness (QED) is 0.846. The number of carbonyl (C=O) groups is 1. The average Bonchev–Trinajstić information content (AvgIpc) is 3.36. The average molecular weight is 356 g/mol. The number of anilines is 1. The summed E-state index contributed by atoms with van der Waals surface area (Å²) in [6, 6.07) is 3.80. The van der Waals surface area contributed by atoms with Crippen LogP contribution in [0.5, 0.6) is 0 Å². The second kappa shape index (κ2) is 6.75. The summed E-state index contributed by atoms with van der Waals surface area (Å²) in [5.41, 5.74) is 0.860. The Hall–Kier alpha value is -1.95. The van der Waals surface area contributed by atoms with Crippen LogP contribution in [0.15, 0.2) is 29.9 Å². The lowest BCUT2D eigenvalue weighted by molar-refractivity contribution is 0.0676. The maximum Gasteiger partial charge on any atom is 0.254 e. The summed E-state index contributed by atoms with van der Waals surface area (Å²) in [5.74, 6) is 1.07. The van der Waals surface area contributed by atoms with Gasteiger partial charge in [0.15, 0.2) is 0 Å². The van der Waals surface area contributed by atoms with Gasteiger partial charge in [-0.3, -0.25) is 4.79 Å². The van der Waals surface area contributed by atoms with Crippen molar-refractivity contribution in [3.8, 4) is 0 Å². The highest BCUT2D eigenvalue weighted by Crippen LogP contribution is 2.36. The summed E-state index contributed by atoms with van der Waals surface area (Å²) in [7, 11) is 0. The van der Waals surface area contributed by atoms with E-state index in [1.807, 2.05) is 28.6 Å². The van der Waals surface area contributed by atoms with Crippen molar-refractivity contribution in [2.75, 3.05) is 31.1 Å². The van der Waals surface area contributed by atoms with E-state index in [1.165, 1.54) is 17.8 Å². The van der Waals surface area contributed by atoms with Gasteiger partial charge >= 0.3 is 0 Å². The first-order valence-electron chi connectivity index (χ1n) is 9.06. The zero-order chi connectivity index (χ0) is 17.3. The van der Waals surface area contributed by atoms with Gasteiger partial charge in [-0.2, -0.15) is 0 Å². The van der Waals surface area contributed by atoms with Crippen LogP contribution in [0.3, 0.4) is 0 Å². The number of thiazole rings is 1. The maximum atomic E-state index is 12.9. The van der Waals surface area contributed by atoms with Crippen LogP contribution >= 0.6 is 11.3 Å². The van der Waals surface area contributed by atoms with Gasteiger partial charge in [-0.05, 0) is 37.8 Å². The molecule has 0 N–H and O–H groups in total. The van der Waals surface area contributed by atoms with Gasteiger partial charge in [-0.15, -0.1) is 11.3 Å². The third-order valence-electron chi connectivity index (χ3n) is 5.53. The van der Waals surface area contributed by atoms with Crippen molar-refractivity contribution in [2.24, 2.45) is 0 Å². The van der Waals surface area contributed by atoms with Gasteiger partial charge in [-0.25, -0.2) is 9.97 Å². The van der Waals surface area contributed by atoms with Crippen LogP contribution in [0.1, 0.15) is 48.0 Å². The second-order valence-electron chi connectivity index (χ2n) is 7.29. The molecule has 1 amide bonds. The van der Waals surface area contributed by atoms with E-state index in [1.54, 1.807) is 17.5 Å². The minimum Gasteiger partial charge on any atom is -0.357 e. The van der Waals surface area contributed by atoms with Crippen molar-refractivity contribution in [3.05, 3.63) is 40.5 Å². The predicted molar refractivity (Wildman–Crippen MR) is 100 cm³/mol. The smallest absolute Gasteiger partial charge is 0.254 e. The molecule has 2 aromatic rings. The molecule has 0 spiro atoms. The highest BCUT2D eigenvalue weighted by Gasteiger charge is 2.35. The number of likely N-dealkylation sites (tertiary alicyclic amines) is 1. The van der Waals surface area contributed by atoms with E-state index in [9.17, 15) is 4.79 Å². The SMILES string of the molecule is CC1(c2nccs2)CCN(C(=O)c2ccnc(N3CCCC3)c2)CC1. The number of amides is 1. The van der Waals surface area contributed by atoms with Crippen LogP contribution in [0.25, 0.3) is 0 Å². The summed E-state index contributed by atoms with van der Waals surface area (Å²) in [6.07, 6.45) is 8.00. The Morgan fingerprint density at radius 2 is 1.88 bits per heavy atom. The van der Waals surface area contributed by atoms with Crippen molar-refractivity contribution in [3.63, 3.8) is 0 Å². The van der Waals surface area contributed by atoms with E-state index >= 15 is 0 Å². The zero-order valence-electron chi connectivity index (χ0n) is 14.6. The van der Waals surface area contributed by atoms with E-state index in [2.05, 4.69) is 21.8 Å². The van der Waals surface area contributed by atoms with Gasteiger partial charge in [-0.1, -0.05) is 6.92 Å². The van der Waals surface area contributed by atoms with Crippen LogP contribution in [0, 0.1) is 0 Å². The number of piperidine rings is 1. The predicted octanol–water partition coefficient (Wildman–Crippen LogP) is 3.33.